The first-order valence-corrected chi connectivity index (χ1v) is 6.68. The minimum atomic E-state index is -4.35. The highest BCUT2D eigenvalue weighted by Crippen LogP contribution is 2.35. The van der Waals surface area contributed by atoms with Crippen molar-refractivity contribution in [2.75, 3.05) is 19.6 Å². The van der Waals surface area contributed by atoms with Crippen LogP contribution in [0.2, 0.25) is 0 Å². The Morgan fingerprint density at radius 3 is 2.83 bits per heavy atom. The molecule has 0 saturated carbocycles. The molecule has 1 aliphatic heterocycles. The Kier molecular flexibility index (Phi) is 3.93. The number of piperazine rings is 1. The third-order valence-corrected chi connectivity index (χ3v) is 4.01. The molecule has 0 amide bonds. The molecule has 1 saturated heterocycles. The van der Waals surface area contributed by atoms with Crippen LogP contribution in [-0.4, -0.2) is 35.6 Å². The molecule has 2 heterocycles. The lowest BCUT2D eigenvalue weighted by molar-refractivity contribution is -0.141. The van der Waals surface area contributed by atoms with E-state index in [9.17, 15) is 13.2 Å². The second-order valence-corrected chi connectivity index (χ2v) is 5.81. The SMILES string of the molecule is Cc1nc(C(F)(F)F)c(CN2CCNC[C@H]2C)s1. The Bertz CT molecular complexity index is 416. The van der Waals surface area contributed by atoms with Gasteiger partial charge < -0.3 is 5.32 Å². The Labute approximate surface area is 108 Å². The van der Waals surface area contributed by atoms with Gasteiger partial charge in [-0.25, -0.2) is 4.98 Å². The number of thiazole rings is 1. The number of halogens is 3. The molecule has 0 unspecified atom stereocenters. The highest BCUT2D eigenvalue weighted by Gasteiger charge is 2.37. The van der Waals surface area contributed by atoms with E-state index >= 15 is 0 Å². The Morgan fingerprint density at radius 2 is 2.22 bits per heavy atom. The lowest BCUT2D eigenvalue weighted by Gasteiger charge is -2.33. The molecule has 18 heavy (non-hydrogen) atoms. The van der Waals surface area contributed by atoms with Crippen molar-refractivity contribution in [3.63, 3.8) is 0 Å². The molecule has 1 aromatic rings. The fraction of sp³-hybridized carbons (Fsp3) is 0.727. The van der Waals surface area contributed by atoms with E-state index in [0.717, 1.165) is 31.0 Å². The smallest absolute Gasteiger partial charge is 0.314 e. The molecule has 1 N–H and O–H groups in total. The van der Waals surface area contributed by atoms with Gasteiger partial charge in [0.15, 0.2) is 5.69 Å². The number of nitrogens with one attached hydrogen (secondary N) is 1. The van der Waals surface area contributed by atoms with Gasteiger partial charge in [-0.1, -0.05) is 0 Å². The van der Waals surface area contributed by atoms with Gasteiger partial charge in [0.25, 0.3) is 0 Å². The van der Waals surface area contributed by atoms with E-state index in [0.29, 0.717) is 16.4 Å². The summed E-state index contributed by atoms with van der Waals surface area (Å²) >= 11 is 1.14. The molecule has 0 spiro atoms. The van der Waals surface area contributed by atoms with E-state index in [1.54, 1.807) is 6.92 Å². The van der Waals surface area contributed by atoms with E-state index in [2.05, 4.69) is 15.2 Å². The number of aromatic nitrogens is 1. The summed E-state index contributed by atoms with van der Waals surface area (Å²) in [6, 6.07) is 0.252. The number of rotatable bonds is 2. The largest absolute Gasteiger partial charge is 0.434 e. The summed E-state index contributed by atoms with van der Waals surface area (Å²) in [7, 11) is 0. The Balaban J connectivity index is 2.18. The van der Waals surface area contributed by atoms with Crippen molar-refractivity contribution in [3.05, 3.63) is 15.6 Å². The molecule has 1 fully saturated rings. The summed E-state index contributed by atoms with van der Waals surface area (Å²) in [4.78, 5) is 6.02. The van der Waals surface area contributed by atoms with E-state index in [4.69, 9.17) is 0 Å². The van der Waals surface area contributed by atoms with Crippen molar-refractivity contribution in [1.82, 2.24) is 15.2 Å². The fourth-order valence-electron chi connectivity index (χ4n) is 2.10. The molecule has 3 nitrogen and oxygen atoms in total. The average molecular weight is 279 g/mol. The lowest BCUT2D eigenvalue weighted by atomic mass is 10.2. The molecule has 0 radical (unpaired) electrons. The topological polar surface area (TPSA) is 28.2 Å². The third-order valence-electron chi connectivity index (χ3n) is 3.06. The van der Waals surface area contributed by atoms with Gasteiger partial charge in [0.2, 0.25) is 0 Å². The summed E-state index contributed by atoms with van der Waals surface area (Å²) in [5.74, 6) is 0. The number of alkyl halides is 3. The highest BCUT2D eigenvalue weighted by atomic mass is 32.1. The summed E-state index contributed by atoms with van der Waals surface area (Å²) in [6.07, 6.45) is -4.35. The van der Waals surface area contributed by atoms with Crippen LogP contribution in [0, 0.1) is 6.92 Å². The number of hydrogen-bond acceptors (Lipinski definition) is 4. The van der Waals surface area contributed by atoms with Crippen LogP contribution in [0.1, 0.15) is 22.5 Å². The van der Waals surface area contributed by atoms with E-state index < -0.39 is 11.9 Å². The van der Waals surface area contributed by atoms with Crippen LogP contribution in [0.15, 0.2) is 0 Å². The first kappa shape index (κ1) is 13.8. The quantitative estimate of drug-likeness (QED) is 0.900. The molecule has 2 rings (SSSR count). The second-order valence-electron chi connectivity index (χ2n) is 4.53. The monoisotopic (exact) mass is 279 g/mol. The van der Waals surface area contributed by atoms with Gasteiger partial charge in [0.05, 0.1) is 9.88 Å². The van der Waals surface area contributed by atoms with E-state index in [-0.39, 0.29) is 6.04 Å². The molecule has 0 bridgehead atoms. The standard InChI is InChI=1S/C11H16F3N3S/c1-7-5-15-3-4-17(7)6-9-10(11(12,13)14)16-8(2)18-9/h7,15H,3-6H2,1-2H3/t7-/m1/s1. The van der Waals surface area contributed by atoms with Crippen LogP contribution in [0.5, 0.6) is 0 Å². The van der Waals surface area contributed by atoms with Crippen LogP contribution in [0.25, 0.3) is 0 Å². The summed E-state index contributed by atoms with van der Waals surface area (Å²) in [5, 5.41) is 3.70. The maximum Gasteiger partial charge on any atom is 0.434 e. The molecule has 1 aromatic heterocycles. The van der Waals surface area contributed by atoms with Crippen LogP contribution >= 0.6 is 11.3 Å². The van der Waals surface area contributed by atoms with E-state index in [1.807, 2.05) is 6.92 Å². The van der Waals surface area contributed by atoms with Gasteiger partial charge >= 0.3 is 6.18 Å². The van der Waals surface area contributed by atoms with Gasteiger partial charge in [-0.2, -0.15) is 13.2 Å². The van der Waals surface area contributed by atoms with Gasteiger partial charge in [0.1, 0.15) is 0 Å². The minimum absolute atomic E-state index is 0.252. The molecule has 0 aromatic carbocycles. The molecule has 0 aliphatic carbocycles. The first-order valence-electron chi connectivity index (χ1n) is 5.86. The van der Waals surface area contributed by atoms with Crippen molar-refractivity contribution < 1.29 is 13.2 Å². The van der Waals surface area contributed by atoms with Gasteiger partial charge in [-0.15, -0.1) is 11.3 Å². The van der Waals surface area contributed by atoms with Crippen LogP contribution < -0.4 is 5.32 Å². The lowest BCUT2D eigenvalue weighted by Crippen LogP contribution is -2.49. The van der Waals surface area contributed by atoms with Gasteiger partial charge in [-0.05, 0) is 13.8 Å². The normalized spacial score (nSPS) is 22.4. The zero-order chi connectivity index (χ0) is 13.3. The van der Waals surface area contributed by atoms with Crippen molar-refractivity contribution >= 4 is 11.3 Å². The molecule has 102 valence electrons. The molecular formula is C11H16F3N3S. The number of nitrogens with zero attached hydrogens (tertiary/aromatic N) is 2. The summed E-state index contributed by atoms with van der Waals surface area (Å²) < 4.78 is 38.5. The Morgan fingerprint density at radius 1 is 1.50 bits per heavy atom. The average Bonchev–Trinajstić information content (AvgIpc) is 2.63. The number of hydrogen-bond donors (Lipinski definition) is 1. The zero-order valence-corrected chi connectivity index (χ0v) is 11.2. The maximum absolute atomic E-state index is 12.8. The van der Waals surface area contributed by atoms with Gasteiger partial charge in [0, 0.05) is 32.2 Å². The van der Waals surface area contributed by atoms with Crippen molar-refractivity contribution in [2.24, 2.45) is 0 Å². The fourth-order valence-corrected chi connectivity index (χ4v) is 3.08. The Hall–Kier alpha value is -0.660. The van der Waals surface area contributed by atoms with Crippen LogP contribution in [0.4, 0.5) is 13.2 Å². The number of aryl methyl sites for hydroxylation is 1. The van der Waals surface area contributed by atoms with Gasteiger partial charge in [-0.3, -0.25) is 4.90 Å². The highest BCUT2D eigenvalue weighted by molar-refractivity contribution is 7.11. The molecule has 7 heteroatoms. The third kappa shape index (κ3) is 3.02. The van der Waals surface area contributed by atoms with Crippen molar-refractivity contribution in [2.45, 2.75) is 32.6 Å². The summed E-state index contributed by atoms with van der Waals surface area (Å²) in [6.45, 7) is 6.39. The van der Waals surface area contributed by atoms with Crippen LogP contribution in [0.3, 0.4) is 0 Å². The molecule has 1 atom stereocenters. The van der Waals surface area contributed by atoms with Crippen molar-refractivity contribution in [1.29, 1.82) is 0 Å². The second kappa shape index (κ2) is 5.14. The minimum Gasteiger partial charge on any atom is -0.314 e. The predicted molar refractivity (Wildman–Crippen MR) is 64.6 cm³/mol. The van der Waals surface area contributed by atoms with Crippen molar-refractivity contribution in [3.8, 4) is 0 Å². The first-order chi connectivity index (χ1) is 8.38. The predicted octanol–water partition coefficient (Wildman–Crippen LogP) is 2.26. The molecular weight excluding hydrogens is 263 g/mol. The molecule has 1 aliphatic rings. The summed E-state index contributed by atoms with van der Waals surface area (Å²) in [5.41, 5.74) is -0.712. The maximum atomic E-state index is 12.8. The van der Waals surface area contributed by atoms with Crippen LogP contribution in [-0.2, 0) is 12.7 Å². The van der Waals surface area contributed by atoms with E-state index in [1.165, 1.54) is 0 Å². The zero-order valence-electron chi connectivity index (χ0n) is 10.3.